The van der Waals surface area contributed by atoms with Crippen molar-refractivity contribution in [3.8, 4) is 0 Å². The minimum atomic E-state index is -0.508. The summed E-state index contributed by atoms with van der Waals surface area (Å²) in [5, 5.41) is 2.94. The van der Waals surface area contributed by atoms with E-state index in [4.69, 9.17) is 4.74 Å². The molecule has 1 saturated heterocycles. The number of hydrogen-bond donors (Lipinski definition) is 1. The number of rotatable bonds is 4. The van der Waals surface area contributed by atoms with Crippen molar-refractivity contribution in [2.75, 3.05) is 31.7 Å². The molecule has 2 atom stereocenters. The zero-order valence-corrected chi connectivity index (χ0v) is 13.9. The first-order valence-corrected chi connectivity index (χ1v) is 8.69. The van der Waals surface area contributed by atoms with Gasteiger partial charge in [-0.15, -0.1) is 0 Å². The lowest BCUT2D eigenvalue weighted by atomic mass is 10.0. The largest absolute Gasteiger partial charge is 0.375 e. The second-order valence-electron chi connectivity index (χ2n) is 5.37. The quantitative estimate of drug-likeness (QED) is 0.924. The summed E-state index contributed by atoms with van der Waals surface area (Å²) in [5.74, 6) is 1.74. The molecule has 0 bridgehead atoms. The second kappa shape index (κ2) is 8.39. The maximum absolute atomic E-state index is 13.9. The SMILES string of the molecule is CO[C@H](c1ccccc1F)[C@H](C)NC(=O)N1CCCSCC1. The van der Waals surface area contributed by atoms with Gasteiger partial charge < -0.3 is 15.0 Å². The van der Waals surface area contributed by atoms with Crippen LogP contribution in [0.15, 0.2) is 24.3 Å². The van der Waals surface area contributed by atoms with Crippen LogP contribution in [0, 0.1) is 5.82 Å². The summed E-state index contributed by atoms with van der Waals surface area (Å²) in [4.78, 5) is 14.2. The summed E-state index contributed by atoms with van der Waals surface area (Å²) in [6.45, 7) is 3.36. The minimum absolute atomic E-state index is 0.103. The van der Waals surface area contributed by atoms with Crippen molar-refractivity contribution in [2.24, 2.45) is 0 Å². The summed E-state index contributed by atoms with van der Waals surface area (Å²) < 4.78 is 19.3. The molecule has 0 aliphatic carbocycles. The molecule has 1 fully saturated rings. The molecular formula is C16H23FN2O2S. The van der Waals surface area contributed by atoms with Crippen LogP contribution in [0.1, 0.15) is 25.0 Å². The molecule has 22 heavy (non-hydrogen) atoms. The Morgan fingerprint density at radius 2 is 2.14 bits per heavy atom. The predicted molar refractivity (Wildman–Crippen MR) is 87.7 cm³/mol. The number of halogens is 1. The number of urea groups is 1. The average molecular weight is 326 g/mol. The van der Waals surface area contributed by atoms with Gasteiger partial charge in [-0.05, 0) is 25.2 Å². The first-order valence-electron chi connectivity index (χ1n) is 7.54. The van der Waals surface area contributed by atoms with Gasteiger partial charge in [-0.25, -0.2) is 9.18 Å². The number of amides is 2. The Hall–Kier alpha value is -1.27. The number of carbonyl (C=O) groups excluding carboxylic acids is 1. The molecule has 1 aromatic rings. The summed E-state index contributed by atoms with van der Waals surface area (Å²) in [7, 11) is 1.53. The number of nitrogens with one attached hydrogen (secondary N) is 1. The average Bonchev–Trinajstić information content (AvgIpc) is 2.79. The smallest absolute Gasteiger partial charge is 0.317 e. The number of hydrogen-bond acceptors (Lipinski definition) is 3. The molecule has 0 saturated carbocycles. The molecule has 6 heteroatoms. The molecule has 4 nitrogen and oxygen atoms in total. The van der Waals surface area contributed by atoms with Crippen molar-refractivity contribution in [2.45, 2.75) is 25.5 Å². The second-order valence-corrected chi connectivity index (χ2v) is 6.59. The lowest BCUT2D eigenvalue weighted by molar-refractivity contribution is 0.0709. The first kappa shape index (κ1) is 17.1. The Morgan fingerprint density at radius 1 is 1.36 bits per heavy atom. The summed E-state index contributed by atoms with van der Waals surface area (Å²) in [5.41, 5.74) is 0.462. The maximum Gasteiger partial charge on any atom is 0.317 e. The van der Waals surface area contributed by atoms with Crippen LogP contribution in [0.5, 0.6) is 0 Å². The molecule has 0 aromatic heterocycles. The third kappa shape index (κ3) is 4.36. The molecule has 1 aromatic carbocycles. The van der Waals surface area contributed by atoms with Crippen LogP contribution < -0.4 is 5.32 Å². The van der Waals surface area contributed by atoms with Crippen LogP contribution in [-0.4, -0.2) is 48.7 Å². The van der Waals surface area contributed by atoms with Gasteiger partial charge in [0.05, 0.1) is 6.04 Å². The monoisotopic (exact) mass is 326 g/mol. The van der Waals surface area contributed by atoms with Crippen molar-refractivity contribution < 1.29 is 13.9 Å². The molecule has 2 rings (SSSR count). The highest BCUT2D eigenvalue weighted by molar-refractivity contribution is 7.99. The molecule has 1 aliphatic heterocycles. The molecule has 1 heterocycles. The van der Waals surface area contributed by atoms with E-state index in [0.717, 1.165) is 31.0 Å². The fraction of sp³-hybridized carbons (Fsp3) is 0.562. The van der Waals surface area contributed by atoms with E-state index in [1.165, 1.54) is 13.2 Å². The Kier molecular flexibility index (Phi) is 6.51. The third-order valence-electron chi connectivity index (χ3n) is 3.78. The predicted octanol–water partition coefficient (Wildman–Crippen LogP) is 3.05. The molecule has 2 amide bonds. The van der Waals surface area contributed by atoms with Gasteiger partial charge in [-0.2, -0.15) is 11.8 Å². The Morgan fingerprint density at radius 3 is 2.86 bits per heavy atom. The Balaban J connectivity index is 2.01. The molecule has 0 spiro atoms. The van der Waals surface area contributed by atoms with Gasteiger partial charge in [-0.3, -0.25) is 0 Å². The van der Waals surface area contributed by atoms with E-state index in [1.807, 2.05) is 23.6 Å². The van der Waals surface area contributed by atoms with Crippen molar-refractivity contribution in [3.05, 3.63) is 35.6 Å². The van der Waals surface area contributed by atoms with Gasteiger partial charge in [0.15, 0.2) is 0 Å². The zero-order valence-electron chi connectivity index (χ0n) is 13.0. The number of nitrogens with zero attached hydrogens (tertiary/aromatic N) is 1. The highest BCUT2D eigenvalue weighted by atomic mass is 32.2. The molecule has 0 radical (unpaired) electrons. The van der Waals surface area contributed by atoms with Crippen LogP contribution in [0.25, 0.3) is 0 Å². The minimum Gasteiger partial charge on any atom is -0.375 e. The van der Waals surface area contributed by atoms with E-state index in [0.29, 0.717) is 5.56 Å². The van der Waals surface area contributed by atoms with E-state index < -0.39 is 6.10 Å². The first-order chi connectivity index (χ1) is 10.6. The fourth-order valence-corrected chi connectivity index (χ4v) is 3.50. The number of methoxy groups -OCH3 is 1. The van der Waals surface area contributed by atoms with Crippen LogP contribution >= 0.6 is 11.8 Å². The highest BCUT2D eigenvalue weighted by Gasteiger charge is 2.25. The van der Waals surface area contributed by atoms with E-state index in [-0.39, 0.29) is 17.9 Å². The van der Waals surface area contributed by atoms with Crippen LogP contribution in [-0.2, 0) is 4.74 Å². The number of thioether (sulfide) groups is 1. The van der Waals surface area contributed by atoms with Crippen molar-refractivity contribution in [1.29, 1.82) is 0 Å². The van der Waals surface area contributed by atoms with Gasteiger partial charge in [0.1, 0.15) is 11.9 Å². The molecular weight excluding hydrogens is 303 g/mol. The summed E-state index contributed by atoms with van der Waals surface area (Å²) in [6, 6.07) is 6.09. The molecule has 0 unspecified atom stereocenters. The Bertz CT molecular complexity index is 493. The van der Waals surface area contributed by atoms with Crippen LogP contribution in [0.3, 0.4) is 0 Å². The zero-order chi connectivity index (χ0) is 15.9. The third-order valence-corrected chi connectivity index (χ3v) is 4.83. The lowest BCUT2D eigenvalue weighted by Gasteiger charge is -2.28. The highest BCUT2D eigenvalue weighted by Crippen LogP contribution is 2.23. The number of ether oxygens (including phenoxy) is 1. The van der Waals surface area contributed by atoms with Crippen molar-refractivity contribution in [3.63, 3.8) is 0 Å². The summed E-state index contributed by atoms with van der Waals surface area (Å²) in [6.07, 6.45) is 0.500. The maximum atomic E-state index is 13.9. The van der Waals surface area contributed by atoms with Crippen LogP contribution in [0.2, 0.25) is 0 Å². The van der Waals surface area contributed by atoms with E-state index in [1.54, 1.807) is 18.2 Å². The molecule has 1 aliphatic rings. The topological polar surface area (TPSA) is 41.6 Å². The van der Waals surface area contributed by atoms with E-state index in [2.05, 4.69) is 5.32 Å². The van der Waals surface area contributed by atoms with Gasteiger partial charge in [0, 0.05) is 31.5 Å². The standard InChI is InChI=1S/C16H23FN2O2S/c1-12(15(21-2)13-6-3-4-7-14(13)17)18-16(20)19-8-5-10-22-11-9-19/h3-4,6-7,12,15H,5,8-11H2,1-2H3,(H,18,20)/t12-,15-/m0/s1. The lowest BCUT2D eigenvalue weighted by Crippen LogP contribution is -2.47. The molecule has 122 valence electrons. The Labute approximate surface area is 135 Å². The number of carbonyl (C=O) groups is 1. The molecule has 1 N–H and O–H groups in total. The van der Waals surface area contributed by atoms with Gasteiger partial charge in [0.2, 0.25) is 0 Å². The van der Waals surface area contributed by atoms with Crippen molar-refractivity contribution in [1.82, 2.24) is 10.2 Å². The van der Waals surface area contributed by atoms with Gasteiger partial charge in [-0.1, -0.05) is 18.2 Å². The van der Waals surface area contributed by atoms with E-state index in [9.17, 15) is 9.18 Å². The van der Waals surface area contributed by atoms with Crippen molar-refractivity contribution >= 4 is 17.8 Å². The summed E-state index contributed by atoms with van der Waals surface area (Å²) >= 11 is 1.87. The fourth-order valence-electron chi connectivity index (χ4n) is 2.62. The number of benzene rings is 1. The normalized spacial score (nSPS) is 18.4. The van der Waals surface area contributed by atoms with E-state index >= 15 is 0 Å². The van der Waals surface area contributed by atoms with Gasteiger partial charge >= 0.3 is 6.03 Å². The van der Waals surface area contributed by atoms with Crippen LogP contribution in [0.4, 0.5) is 9.18 Å². The van der Waals surface area contributed by atoms with Gasteiger partial charge in [0.25, 0.3) is 0 Å².